The average molecular weight is 603 g/mol. The Morgan fingerprint density at radius 2 is 1.17 bits per heavy atom. The van der Waals surface area contributed by atoms with Crippen molar-refractivity contribution in [3.05, 3.63) is 167 Å². The molecule has 6 aromatic carbocycles. The highest BCUT2D eigenvalue weighted by Gasteiger charge is 2.45. The summed E-state index contributed by atoms with van der Waals surface area (Å²) in [4.78, 5) is 0. The summed E-state index contributed by atoms with van der Waals surface area (Å²) in [5, 5.41) is 6.50. The lowest BCUT2D eigenvalue weighted by molar-refractivity contribution is 0.421. The van der Waals surface area contributed by atoms with Crippen LogP contribution in [0.3, 0.4) is 0 Å². The molecule has 2 aromatic heterocycles. The number of fused-ring (bicyclic) bond motifs is 9. The molecule has 0 spiro atoms. The minimum atomic E-state index is 0.0407. The van der Waals surface area contributed by atoms with Crippen molar-refractivity contribution in [1.82, 2.24) is 9.13 Å². The van der Waals surface area contributed by atoms with Crippen LogP contribution in [0.2, 0.25) is 0 Å². The van der Waals surface area contributed by atoms with E-state index in [0.717, 1.165) is 0 Å². The van der Waals surface area contributed by atoms with Crippen molar-refractivity contribution in [3.63, 3.8) is 0 Å². The van der Waals surface area contributed by atoms with Crippen LogP contribution in [0.15, 0.2) is 146 Å². The van der Waals surface area contributed by atoms with Gasteiger partial charge < -0.3 is 9.13 Å². The van der Waals surface area contributed by atoms with Crippen molar-refractivity contribution in [2.24, 2.45) is 5.92 Å². The highest BCUT2D eigenvalue weighted by atomic mass is 15.0. The SMILES string of the molecule is CC1(C)c2ccccc2C2C=c3c(n(-c4ccc5c(c4)c4ccccc4n5-c4ccccc4)c4ccc(-c5ccccc5)cc34)=CC21. The first-order chi connectivity index (χ1) is 23.1. The van der Waals surface area contributed by atoms with Gasteiger partial charge in [-0.05, 0) is 82.1 Å². The van der Waals surface area contributed by atoms with Gasteiger partial charge in [-0.3, -0.25) is 0 Å². The standard InChI is InChI=1S/C45H34N2/c1-45(2)39-19-11-9-17-33(39)35-27-38-36-25-30(29-13-5-3-6-14-29)21-23-42(36)47(44(38)28-40(35)45)32-22-24-43-37(26-32)34-18-10-12-20-41(34)46(43)31-15-7-4-8-16-31/h3-28,35,40H,1-2H3. The third-order valence-electron chi connectivity index (χ3n) is 11.0. The fourth-order valence-electron chi connectivity index (χ4n) is 8.77. The van der Waals surface area contributed by atoms with Gasteiger partial charge in [0.1, 0.15) is 0 Å². The molecule has 2 atom stereocenters. The van der Waals surface area contributed by atoms with Gasteiger partial charge in [0, 0.05) is 38.7 Å². The molecule has 2 heterocycles. The first kappa shape index (κ1) is 26.6. The number of hydrogen-bond donors (Lipinski definition) is 0. The van der Waals surface area contributed by atoms with E-state index in [1.165, 1.54) is 76.9 Å². The summed E-state index contributed by atoms with van der Waals surface area (Å²) in [6.45, 7) is 4.85. The van der Waals surface area contributed by atoms with E-state index in [1.807, 2.05) is 0 Å². The molecule has 0 N–H and O–H groups in total. The Bertz CT molecular complexity index is 2650. The van der Waals surface area contributed by atoms with E-state index in [4.69, 9.17) is 0 Å². The summed E-state index contributed by atoms with van der Waals surface area (Å²) in [5.41, 5.74) is 11.6. The second-order valence-electron chi connectivity index (χ2n) is 13.8. The predicted octanol–water partition coefficient (Wildman–Crippen LogP) is 9.66. The highest BCUT2D eigenvalue weighted by molar-refractivity contribution is 6.10. The molecule has 2 aliphatic rings. The first-order valence-electron chi connectivity index (χ1n) is 16.7. The van der Waals surface area contributed by atoms with Crippen LogP contribution in [0.4, 0.5) is 0 Å². The lowest BCUT2D eigenvalue weighted by Crippen LogP contribution is -2.37. The Morgan fingerprint density at radius 3 is 2.02 bits per heavy atom. The topological polar surface area (TPSA) is 9.86 Å². The fourth-order valence-corrected chi connectivity index (χ4v) is 8.77. The van der Waals surface area contributed by atoms with Crippen LogP contribution in [-0.4, -0.2) is 9.13 Å². The molecule has 224 valence electrons. The second-order valence-corrected chi connectivity index (χ2v) is 13.8. The molecule has 47 heavy (non-hydrogen) atoms. The summed E-state index contributed by atoms with van der Waals surface area (Å²) in [5.74, 6) is 0.743. The van der Waals surface area contributed by atoms with Gasteiger partial charge in [0.25, 0.3) is 0 Å². The molecule has 0 saturated heterocycles. The maximum atomic E-state index is 2.60. The van der Waals surface area contributed by atoms with Crippen LogP contribution in [0.25, 0.3) is 67.4 Å². The van der Waals surface area contributed by atoms with E-state index in [1.54, 1.807) is 0 Å². The van der Waals surface area contributed by atoms with Crippen molar-refractivity contribution in [2.75, 3.05) is 0 Å². The van der Waals surface area contributed by atoms with Gasteiger partial charge in [-0.2, -0.15) is 0 Å². The van der Waals surface area contributed by atoms with Crippen LogP contribution in [0.5, 0.6) is 0 Å². The zero-order valence-corrected chi connectivity index (χ0v) is 26.6. The maximum absolute atomic E-state index is 2.60. The van der Waals surface area contributed by atoms with Crippen LogP contribution in [-0.2, 0) is 5.41 Å². The largest absolute Gasteiger partial charge is 0.310 e. The van der Waals surface area contributed by atoms with E-state index >= 15 is 0 Å². The van der Waals surface area contributed by atoms with Crippen LogP contribution in [0.1, 0.15) is 30.9 Å². The molecular weight excluding hydrogens is 569 g/mol. The van der Waals surface area contributed by atoms with Crippen LogP contribution < -0.4 is 10.6 Å². The second kappa shape index (κ2) is 9.70. The zero-order valence-electron chi connectivity index (χ0n) is 26.6. The van der Waals surface area contributed by atoms with E-state index in [2.05, 4.69) is 181 Å². The molecule has 2 heteroatoms. The van der Waals surface area contributed by atoms with Gasteiger partial charge in [-0.25, -0.2) is 0 Å². The molecular formula is C45H34N2. The van der Waals surface area contributed by atoms with Gasteiger partial charge >= 0.3 is 0 Å². The molecule has 10 rings (SSSR count). The lowest BCUT2D eigenvalue weighted by Gasteiger charge is -2.29. The van der Waals surface area contributed by atoms with E-state index in [0.29, 0.717) is 11.8 Å². The molecule has 2 unspecified atom stereocenters. The van der Waals surface area contributed by atoms with Crippen LogP contribution in [0, 0.1) is 5.92 Å². The summed E-state index contributed by atoms with van der Waals surface area (Å²) < 4.78 is 4.92. The van der Waals surface area contributed by atoms with Crippen molar-refractivity contribution in [3.8, 4) is 22.5 Å². The summed E-state index contributed by atoms with van der Waals surface area (Å²) in [6.07, 6.45) is 5.18. The molecule has 2 nitrogen and oxygen atoms in total. The number of nitrogens with zero attached hydrogens (tertiary/aromatic N) is 2. The molecule has 0 amide bonds. The van der Waals surface area contributed by atoms with Gasteiger partial charge in [0.15, 0.2) is 0 Å². The fraction of sp³-hybridized carbons (Fsp3) is 0.111. The molecule has 2 aliphatic carbocycles. The smallest absolute Gasteiger partial charge is 0.0542 e. The molecule has 0 fully saturated rings. The number of aromatic nitrogens is 2. The third-order valence-corrected chi connectivity index (χ3v) is 11.0. The minimum Gasteiger partial charge on any atom is -0.310 e. The van der Waals surface area contributed by atoms with Crippen molar-refractivity contribution >= 4 is 44.9 Å². The van der Waals surface area contributed by atoms with E-state index in [9.17, 15) is 0 Å². The number of para-hydroxylation sites is 2. The number of rotatable bonds is 3. The Balaban J connectivity index is 1.28. The third kappa shape index (κ3) is 3.73. The quantitative estimate of drug-likeness (QED) is 0.191. The van der Waals surface area contributed by atoms with Crippen molar-refractivity contribution in [2.45, 2.75) is 25.2 Å². The van der Waals surface area contributed by atoms with Crippen molar-refractivity contribution < 1.29 is 0 Å². The van der Waals surface area contributed by atoms with E-state index < -0.39 is 0 Å². The molecule has 0 bridgehead atoms. The molecule has 8 aromatic rings. The van der Waals surface area contributed by atoms with Gasteiger partial charge in [-0.1, -0.05) is 123 Å². The van der Waals surface area contributed by atoms with Gasteiger partial charge in [-0.15, -0.1) is 0 Å². The van der Waals surface area contributed by atoms with Gasteiger partial charge in [0.05, 0.1) is 21.9 Å². The Labute approximate surface area is 274 Å². The normalized spacial score (nSPS) is 17.7. The maximum Gasteiger partial charge on any atom is 0.0542 e. The molecule has 0 saturated carbocycles. The van der Waals surface area contributed by atoms with Crippen LogP contribution >= 0.6 is 0 Å². The monoisotopic (exact) mass is 602 g/mol. The van der Waals surface area contributed by atoms with E-state index in [-0.39, 0.29) is 5.41 Å². The molecule has 0 radical (unpaired) electrons. The number of hydrogen-bond acceptors (Lipinski definition) is 0. The predicted molar refractivity (Wildman–Crippen MR) is 197 cm³/mol. The summed E-state index contributed by atoms with van der Waals surface area (Å²) in [6, 6.07) is 53.5. The number of benzene rings is 6. The Hall–Kier alpha value is -5.60. The average Bonchev–Trinajstić information content (AvgIpc) is 3.71. The summed E-state index contributed by atoms with van der Waals surface area (Å²) >= 11 is 0. The Morgan fingerprint density at radius 1 is 0.489 bits per heavy atom. The first-order valence-corrected chi connectivity index (χ1v) is 16.7. The summed E-state index contributed by atoms with van der Waals surface area (Å²) in [7, 11) is 0. The highest BCUT2D eigenvalue weighted by Crippen LogP contribution is 2.52. The zero-order chi connectivity index (χ0) is 31.3. The lowest BCUT2D eigenvalue weighted by atomic mass is 9.74. The Kier molecular flexibility index (Phi) is 5.49. The van der Waals surface area contributed by atoms with Gasteiger partial charge in [0.2, 0.25) is 0 Å². The molecule has 0 aliphatic heterocycles. The minimum absolute atomic E-state index is 0.0407. The van der Waals surface area contributed by atoms with Crippen molar-refractivity contribution in [1.29, 1.82) is 0 Å².